The van der Waals surface area contributed by atoms with E-state index < -0.39 is 10.0 Å². The first-order chi connectivity index (χ1) is 10.0. The lowest BCUT2D eigenvalue weighted by Gasteiger charge is -2.10. The lowest BCUT2D eigenvalue weighted by Crippen LogP contribution is -2.14. The van der Waals surface area contributed by atoms with Crippen LogP contribution in [0.2, 0.25) is 0 Å². The number of hydrogen-bond acceptors (Lipinski definition) is 4. The third kappa shape index (κ3) is 3.95. The van der Waals surface area contributed by atoms with Crippen molar-refractivity contribution in [3.05, 3.63) is 48.2 Å². The van der Waals surface area contributed by atoms with Crippen molar-refractivity contribution in [2.24, 2.45) is 0 Å². The number of anilines is 2. The molecule has 0 spiro atoms. The maximum Gasteiger partial charge on any atom is 0.263 e. The highest BCUT2D eigenvalue weighted by Crippen LogP contribution is 2.18. The maximum absolute atomic E-state index is 12.3. The van der Waals surface area contributed by atoms with Crippen molar-refractivity contribution in [3.63, 3.8) is 0 Å². The molecule has 1 aromatic heterocycles. The van der Waals surface area contributed by atoms with Crippen LogP contribution in [0.4, 0.5) is 11.5 Å². The highest BCUT2D eigenvalue weighted by atomic mass is 32.2. The standard InChI is InChI=1S/C15H19N3O2S/c1-3-10-16-13-6-8-14(9-7-13)21(19,20)18-15-12(2)5-4-11-17-15/h4-9,11,16H,3,10H2,1-2H3,(H,17,18). The van der Waals surface area contributed by atoms with Crippen LogP contribution in [-0.4, -0.2) is 19.9 Å². The lowest BCUT2D eigenvalue weighted by atomic mass is 10.3. The van der Waals surface area contributed by atoms with Gasteiger partial charge >= 0.3 is 0 Å². The smallest absolute Gasteiger partial charge is 0.263 e. The predicted molar refractivity (Wildman–Crippen MR) is 85.0 cm³/mol. The van der Waals surface area contributed by atoms with E-state index in [1.165, 1.54) is 0 Å². The summed E-state index contributed by atoms with van der Waals surface area (Å²) in [6.45, 7) is 4.74. The van der Waals surface area contributed by atoms with Crippen molar-refractivity contribution < 1.29 is 8.42 Å². The molecule has 1 heterocycles. The maximum atomic E-state index is 12.3. The van der Waals surface area contributed by atoms with Crippen LogP contribution >= 0.6 is 0 Å². The molecule has 2 N–H and O–H groups in total. The molecule has 0 atom stereocenters. The Morgan fingerprint density at radius 2 is 1.86 bits per heavy atom. The fraction of sp³-hybridized carbons (Fsp3) is 0.267. The first-order valence-electron chi connectivity index (χ1n) is 6.81. The number of nitrogens with zero attached hydrogens (tertiary/aromatic N) is 1. The van der Waals surface area contributed by atoms with Crippen molar-refractivity contribution in [1.82, 2.24) is 4.98 Å². The Morgan fingerprint density at radius 3 is 2.48 bits per heavy atom. The molecule has 2 rings (SSSR count). The van der Waals surface area contributed by atoms with Crippen LogP contribution in [0.5, 0.6) is 0 Å². The van der Waals surface area contributed by atoms with Crippen molar-refractivity contribution in [1.29, 1.82) is 0 Å². The van der Waals surface area contributed by atoms with Gasteiger partial charge < -0.3 is 5.32 Å². The van der Waals surface area contributed by atoms with Crippen LogP contribution < -0.4 is 10.0 Å². The predicted octanol–water partition coefficient (Wildman–Crippen LogP) is 3.01. The van der Waals surface area contributed by atoms with E-state index in [-0.39, 0.29) is 4.90 Å². The second kappa shape index (κ2) is 6.58. The summed E-state index contributed by atoms with van der Waals surface area (Å²) in [6, 6.07) is 10.3. The number of aromatic nitrogens is 1. The molecule has 0 aliphatic heterocycles. The molecule has 1 aromatic carbocycles. The molecule has 6 heteroatoms. The molecule has 112 valence electrons. The SMILES string of the molecule is CCCNc1ccc(S(=O)(=O)Nc2ncccc2C)cc1. The normalized spacial score (nSPS) is 11.1. The van der Waals surface area contributed by atoms with Gasteiger partial charge in [-0.2, -0.15) is 0 Å². The Morgan fingerprint density at radius 1 is 1.14 bits per heavy atom. The van der Waals surface area contributed by atoms with E-state index in [1.54, 1.807) is 36.5 Å². The lowest BCUT2D eigenvalue weighted by molar-refractivity contribution is 0.601. The van der Waals surface area contributed by atoms with Crippen LogP contribution in [0.3, 0.4) is 0 Å². The van der Waals surface area contributed by atoms with Gasteiger partial charge in [0.05, 0.1) is 4.90 Å². The zero-order chi connectivity index (χ0) is 15.3. The molecule has 0 amide bonds. The molecule has 0 aliphatic rings. The summed E-state index contributed by atoms with van der Waals surface area (Å²) in [4.78, 5) is 4.26. The summed E-state index contributed by atoms with van der Waals surface area (Å²) in [7, 11) is -3.61. The first-order valence-corrected chi connectivity index (χ1v) is 8.29. The zero-order valence-corrected chi connectivity index (χ0v) is 12.9. The molecule has 21 heavy (non-hydrogen) atoms. The Hall–Kier alpha value is -2.08. The van der Waals surface area contributed by atoms with Gasteiger partial charge in [0, 0.05) is 18.4 Å². The van der Waals surface area contributed by atoms with Gasteiger partial charge in [-0.05, 0) is 49.2 Å². The monoisotopic (exact) mass is 305 g/mol. The van der Waals surface area contributed by atoms with Crippen molar-refractivity contribution in [2.75, 3.05) is 16.6 Å². The van der Waals surface area contributed by atoms with Gasteiger partial charge in [0.25, 0.3) is 10.0 Å². The molecule has 0 radical (unpaired) electrons. The van der Waals surface area contributed by atoms with E-state index in [9.17, 15) is 8.42 Å². The van der Waals surface area contributed by atoms with Crippen LogP contribution in [0.1, 0.15) is 18.9 Å². The molecule has 0 fully saturated rings. The number of aryl methyl sites for hydroxylation is 1. The molecule has 5 nitrogen and oxygen atoms in total. The quantitative estimate of drug-likeness (QED) is 0.860. The third-order valence-electron chi connectivity index (χ3n) is 2.98. The van der Waals surface area contributed by atoms with Gasteiger partial charge in [-0.1, -0.05) is 13.0 Å². The van der Waals surface area contributed by atoms with E-state index in [4.69, 9.17) is 0 Å². The molecule has 0 aliphatic carbocycles. The molecular weight excluding hydrogens is 286 g/mol. The molecule has 2 aromatic rings. The minimum atomic E-state index is -3.61. The van der Waals surface area contributed by atoms with Crippen LogP contribution in [0.15, 0.2) is 47.5 Å². The Bertz CT molecular complexity index is 697. The summed E-state index contributed by atoms with van der Waals surface area (Å²) >= 11 is 0. The summed E-state index contributed by atoms with van der Waals surface area (Å²) < 4.78 is 27.1. The van der Waals surface area contributed by atoms with Gasteiger partial charge in [0.15, 0.2) is 0 Å². The van der Waals surface area contributed by atoms with Crippen molar-refractivity contribution in [3.8, 4) is 0 Å². The number of sulfonamides is 1. The Labute approximate surface area is 125 Å². The number of benzene rings is 1. The molecular formula is C15H19N3O2S. The summed E-state index contributed by atoms with van der Waals surface area (Å²) in [5.41, 5.74) is 1.69. The van der Waals surface area contributed by atoms with E-state index in [1.807, 2.05) is 13.0 Å². The fourth-order valence-corrected chi connectivity index (χ4v) is 2.88. The Kier molecular flexibility index (Phi) is 4.80. The molecule has 0 unspecified atom stereocenters. The second-order valence-corrected chi connectivity index (χ2v) is 6.41. The summed E-state index contributed by atoms with van der Waals surface area (Å²) in [6.07, 6.45) is 2.57. The number of nitrogens with one attached hydrogen (secondary N) is 2. The molecule has 0 saturated heterocycles. The van der Waals surface area contributed by atoms with Crippen LogP contribution in [0, 0.1) is 6.92 Å². The minimum Gasteiger partial charge on any atom is -0.385 e. The van der Waals surface area contributed by atoms with Gasteiger partial charge in [0.2, 0.25) is 0 Å². The largest absolute Gasteiger partial charge is 0.385 e. The first kappa shape index (κ1) is 15.3. The van der Waals surface area contributed by atoms with Gasteiger partial charge in [-0.15, -0.1) is 0 Å². The number of pyridine rings is 1. The number of hydrogen-bond donors (Lipinski definition) is 2. The van der Waals surface area contributed by atoms with Crippen molar-refractivity contribution in [2.45, 2.75) is 25.2 Å². The van der Waals surface area contributed by atoms with Crippen LogP contribution in [0.25, 0.3) is 0 Å². The number of rotatable bonds is 6. The van der Waals surface area contributed by atoms with Crippen LogP contribution in [-0.2, 0) is 10.0 Å². The Balaban J connectivity index is 2.18. The van der Waals surface area contributed by atoms with Gasteiger partial charge in [-0.3, -0.25) is 4.72 Å². The highest BCUT2D eigenvalue weighted by Gasteiger charge is 2.15. The summed E-state index contributed by atoms with van der Waals surface area (Å²) in [5, 5.41) is 3.20. The fourth-order valence-electron chi connectivity index (χ4n) is 1.80. The third-order valence-corrected chi connectivity index (χ3v) is 4.34. The van der Waals surface area contributed by atoms with E-state index in [2.05, 4.69) is 21.9 Å². The average molecular weight is 305 g/mol. The van der Waals surface area contributed by atoms with E-state index in [0.717, 1.165) is 24.2 Å². The van der Waals surface area contributed by atoms with Gasteiger partial charge in [0.1, 0.15) is 5.82 Å². The average Bonchev–Trinajstić information content (AvgIpc) is 2.48. The topological polar surface area (TPSA) is 71.1 Å². The van der Waals surface area contributed by atoms with E-state index in [0.29, 0.717) is 5.82 Å². The zero-order valence-electron chi connectivity index (χ0n) is 12.1. The van der Waals surface area contributed by atoms with E-state index >= 15 is 0 Å². The highest BCUT2D eigenvalue weighted by molar-refractivity contribution is 7.92. The van der Waals surface area contributed by atoms with Gasteiger partial charge in [-0.25, -0.2) is 13.4 Å². The summed E-state index contributed by atoms with van der Waals surface area (Å²) in [5.74, 6) is 0.352. The molecule has 0 bridgehead atoms. The van der Waals surface area contributed by atoms with Crippen molar-refractivity contribution >= 4 is 21.5 Å². The second-order valence-electron chi connectivity index (χ2n) is 4.73. The molecule has 0 saturated carbocycles. The minimum absolute atomic E-state index is 0.217.